The lowest BCUT2D eigenvalue weighted by molar-refractivity contribution is -0.130. The Labute approximate surface area is 194 Å². The number of nitrogens with one attached hydrogen (secondary N) is 3. The second-order valence-electron chi connectivity index (χ2n) is 8.54. The number of anilines is 1. The van der Waals surface area contributed by atoms with Crippen molar-refractivity contribution in [2.24, 2.45) is 5.92 Å². The highest BCUT2D eigenvalue weighted by atomic mass is 16.2. The van der Waals surface area contributed by atoms with Gasteiger partial charge in [-0.15, -0.1) is 0 Å². The van der Waals surface area contributed by atoms with E-state index in [9.17, 15) is 14.4 Å². The lowest BCUT2D eigenvalue weighted by atomic mass is 10.0. The van der Waals surface area contributed by atoms with Crippen LogP contribution >= 0.6 is 0 Å². The van der Waals surface area contributed by atoms with E-state index in [1.807, 2.05) is 81.4 Å². The highest BCUT2D eigenvalue weighted by Gasteiger charge is 2.24. The number of benzene rings is 3. The first-order valence-electron chi connectivity index (χ1n) is 10.9. The molecule has 1 atom stereocenters. The van der Waals surface area contributed by atoms with Crippen LogP contribution in [0.15, 0.2) is 66.7 Å². The number of amides is 3. The molecule has 0 saturated carbocycles. The fraction of sp³-hybridized carbons (Fsp3) is 0.269. The first-order chi connectivity index (χ1) is 15.7. The third kappa shape index (κ3) is 6.32. The fourth-order valence-corrected chi connectivity index (χ4v) is 3.49. The Balaban J connectivity index is 1.59. The molecule has 0 spiro atoms. The second kappa shape index (κ2) is 10.6. The number of hydrogen-bond donors (Lipinski definition) is 3. The number of carbonyl (C=O) groups excluding carboxylic acids is 3. The standard InChI is InChI=1S/C26H30N4O3/c1-17(2)24(26(33)29-28-25(32)21-10-7-11-22(16-21)30(3)4)27-23(31)15-18-12-13-19-8-5-6-9-20(19)14-18/h5-14,16-17,24H,15H2,1-4H3,(H,27,31)(H,28,32)(H,29,33). The van der Waals surface area contributed by atoms with Crippen LogP contribution in [0.25, 0.3) is 10.8 Å². The van der Waals surface area contributed by atoms with E-state index >= 15 is 0 Å². The predicted molar refractivity (Wildman–Crippen MR) is 131 cm³/mol. The first kappa shape index (κ1) is 23.8. The van der Waals surface area contributed by atoms with Crippen molar-refractivity contribution in [2.45, 2.75) is 26.3 Å². The quantitative estimate of drug-likeness (QED) is 0.487. The summed E-state index contributed by atoms with van der Waals surface area (Å²) in [5.41, 5.74) is 7.03. The van der Waals surface area contributed by atoms with E-state index in [1.165, 1.54) is 0 Å². The molecule has 3 aromatic rings. The summed E-state index contributed by atoms with van der Waals surface area (Å²) in [6.45, 7) is 3.67. The molecule has 172 valence electrons. The van der Waals surface area contributed by atoms with Gasteiger partial charge in [-0.3, -0.25) is 25.2 Å². The molecule has 3 N–H and O–H groups in total. The molecule has 3 aromatic carbocycles. The molecule has 3 amide bonds. The minimum atomic E-state index is -0.786. The zero-order valence-electron chi connectivity index (χ0n) is 19.4. The van der Waals surface area contributed by atoms with Crippen LogP contribution < -0.4 is 21.1 Å². The summed E-state index contributed by atoms with van der Waals surface area (Å²) in [6.07, 6.45) is 0.158. The van der Waals surface area contributed by atoms with Crippen molar-refractivity contribution < 1.29 is 14.4 Å². The monoisotopic (exact) mass is 446 g/mol. The fourth-order valence-electron chi connectivity index (χ4n) is 3.49. The summed E-state index contributed by atoms with van der Waals surface area (Å²) in [5.74, 6) is -1.34. The van der Waals surface area contributed by atoms with Crippen LogP contribution in [0.4, 0.5) is 5.69 Å². The number of nitrogens with zero attached hydrogens (tertiary/aromatic N) is 1. The van der Waals surface area contributed by atoms with E-state index in [2.05, 4.69) is 16.2 Å². The van der Waals surface area contributed by atoms with Crippen LogP contribution in [-0.4, -0.2) is 37.9 Å². The molecule has 0 saturated heterocycles. The number of fused-ring (bicyclic) bond motifs is 1. The molecular weight excluding hydrogens is 416 g/mol. The van der Waals surface area contributed by atoms with Crippen molar-refractivity contribution in [3.05, 3.63) is 77.9 Å². The number of hydrazine groups is 1. The van der Waals surface area contributed by atoms with Gasteiger partial charge in [0.25, 0.3) is 11.8 Å². The maximum Gasteiger partial charge on any atom is 0.269 e. The second-order valence-corrected chi connectivity index (χ2v) is 8.54. The Morgan fingerprint density at radius 1 is 0.848 bits per heavy atom. The van der Waals surface area contributed by atoms with Crippen molar-refractivity contribution in [3.63, 3.8) is 0 Å². The average Bonchev–Trinajstić information content (AvgIpc) is 2.80. The van der Waals surface area contributed by atoms with Crippen LogP contribution in [0, 0.1) is 5.92 Å². The van der Waals surface area contributed by atoms with Gasteiger partial charge in [-0.1, -0.05) is 62.4 Å². The maximum atomic E-state index is 12.7. The molecule has 1 unspecified atom stereocenters. The summed E-state index contributed by atoms with van der Waals surface area (Å²) in [6, 6.07) is 20.1. The van der Waals surface area contributed by atoms with Crippen LogP contribution in [0.2, 0.25) is 0 Å². The Kier molecular flexibility index (Phi) is 7.66. The number of carbonyl (C=O) groups is 3. The predicted octanol–water partition coefficient (Wildman–Crippen LogP) is 3.05. The van der Waals surface area contributed by atoms with Gasteiger partial charge in [-0.05, 0) is 40.5 Å². The Hall–Kier alpha value is -3.87. The SMILES string of the molecule is CC(C)C(NC(=O)Cc1ccc2ccccc2c1)C(=O)NNC(=O)c1cccc(N(C)C)c1. The minimum Gasteiger partial charge on any atom is -0.378 e. The zero-order chi connectivity index (χ0) is 24.0. The van der Waals surface area contributed by atoms with Crippen molar-refractivity contribution in [2.75, 3.05) is 19.0 Å². The van der Waals surface area contributed by atoms with Crippen molar-refractivity contribution in [1.82, 2.24) is 16.2 Å². The number of rotatable bonds is 7. The maximum absolute atomic E-state index is 12.7. The third-order valence-electron chi connectivity index (χ3n) is 5.37. The van der Waals surface area contributed by atoms with Crippen LogP contribution in [0.1, 0.15) is 29.8 Å². The topological polar surface area (TPSA) is 90.5 Å². The molecule has 0 aliphatic rings. The molecule has 0 aliphatic carbocycles. The van der Waals surface area contributed by atoms with Crippen LogP contribution in [-0.2, 0) is 16.0 Å². The molecule has 0 heterocycles. The highest BCUT2D eigenvalue weighted by molar-refractivity contribution is 5.97. The van der Waals surface area contributed by atoms with Crippen molar-refractivity contribution in [3.8, 4) is 0 Å². The highest BCUT2D eigenvalue weighted by Crippen LogP contribution is 2.16. The van der Waals surface area contributed by atoms with Gasteiger partial charge in [-0.2, -0.15) is 0 Å². The largest absolute Gasteiger partial charge is 0.378 e. The van der Waals surface area contributed by atoms with Gasteiger partial charge in [0.05, 0.1) is 6.42 Å². The Morgan fingerprint density at radius 3 is 2.27 bits per heavy atom. The number of hydrogen-bond acceptors (Lipinski definition) is 4. The van der Waals surface area contributed by atoms with Crippen LogP contribution in [0.5, 0.6) is 0 Å². The molecule has 7 nitrogen and oxygen atoms in total. The molecule has 0 radical (unpaired) electrons. The molecule has 0 bridgehead atoms. The average molecular weight is 447 g/mol. The molecule has 0 aliphatic heterocycles. The lowest BCUT2D eigenvalue weighted by Gasteiger charge is -2.22. The van der Waals surface area contributed by atoms with Crippen molar-refractivity contribution >= 4 is 34.2 Å². The molecule has 33 heavy (non-hydrogen) atoms. The van der Waals surface area contributed by atoms with Crippen molar-refractivity contribution in [1.29, 1.82) is 0 Å². The van der Waals surface area contributed by atoms with Gasteiger partial charge in [-0.25, -0.2) is 0 Å². The molecule has 7 heteroatoms. The molecule has 0 aromatic heterocycles. The van der Waals surface area contributed by atoms with E-state index in [0.717, 1.165) is 22.0 Å². The van der Waals surface area contributed by atoms with Gasteiger partial charge >= 0.3 is 0 Å². The summed E-state index contributed by atoms with van der Waals surface area (Å²) in [4.78, 5) is 39.7. The van der Waals surface area contributed by atoms with Gasteiger partial charge in [0.15, 0.2) is 0 Å². The Bertz CT molecular complexity index is 1160. The van der Waals surface area contributed by atoms with E-state index in [4.69, 9.17) is 0 Å². The summed E-state index contributed by atoms with van der Waals surface area (Å²) >= 11 is 0. The van der Waals surface area contributed by atoms with E-state index in [-0.39, 0.29) is 18.2 Å². The molecule has 0 fully saturated rings. The van der Waals surface area contributed by atoms with Gasteiger partial charge in [0.2, 0.25) is 5.91 Å². The van der Waals surface area contributed by atoms with E-state index in [0.29, 0.717) is 5.56 Å². The summed E-state index contributed by atoms with van der Waals surface area (Å²) in [5, 5.41) is 4.95. The Morgan fingerprint density at radius 2 is 1.58 bits per heavy atom. The van der Waals surface area contributed by atoms with E-state index < -0.39 is 17.9 Å². The van der Waals surface area contributed by atoms with Gasteiger partial charge in [0.1, 0.15) is 6.04 Å². The lowest BCUT2D eigenvalue weighted by Crippen LogP contribution is -2.54. The van der Waals surface area contributed by atoms with Gasteiger partial charge in [0, 0.05) is 25.3 Å². The van der Waals surface area contributed by atoms with E-state index in [1.54, 1.807) is 18.2 Å². The molecule has 3 rings (SSSR count). The minimum absolute atomic E-state index is 0.158. The third-order valence-corrected chi connectivity index (χ3v) is 5.37. The zero-order valence-corrected chi connectivity index (χ0v) is 19.4. The molecular formula is C26H30N4O3. The first-order valence-corrected chi connectivity index (χ1v) is 10.9. The van der Waals surface area contributed by atoms with Gasteiger partial charge < -0.3 is 10.2 Å². The normalized spacial score (nSPS) is 11.7. The summed E-state index contributed by atoms with van der Waals surface area (Å²) in [7, 11) is 3.76. The smallest absolute Gasteiger partial charge is 0.269 e. The summed E-state index contributed by atoms with van der Waals surface area (Å²) < 4.78 is 0. The van der Waals surface area contributed by atoms with Crippen LogP contribution in [0.3, 0.4) is 0 Å².